The Kier molecular flexibility index (Phi) is 4.41. The molecule has 1 N–H and O–H groups in total. The third kappa shape index (κ3) is 3.62. The van der Waals surface area contributed by atoms with Gasteiger partial charge in [-0.15, -0.1) is 11.3 Å². The molecular weight excluding hydrogens is 312 g/mol. The van der Waals surface area contributed by atoms with Crippen molar-refractivity contribution < 1.29 is 9.26 Å². The van der Waals surface area contributed by atoms with E-state index in [-0.39, 0.29) is 6.04 Å². The van der Waals surface area contributed by atoms with Crippen LogP contribution in [-0.2, 0) is 11.3 Å². The Morgan fingerprint density at radius 3 is 2.78 bits per heavy atom. The Labute approximate surface area is 139 Å². The van der Waals surface area contributed by atoms with Crippen LogP contribution >= 0.6 is 11.3 Å². The van der Waals surface area contributed by atoms with E-state index in [1.807, 2.05) is 6.92 Å². The van der Waals surface area contributed by atoms with E-state index in [2.05, 4.69) is 20.8 Å². The number of aromatic nitrogens is 3. The van der Waals surface area contributed by atoms with Gasteiger partial charge in [0.1, 0.15) is 0 Å². The van der Waals surface area contributed by atoms with Crippen molar-refractivity contribution in [2.45, 2.75) is 51.1 Å². The lowest BCUT2D eigenvalue weighted by Gasteiger charge is -2.28. The zero-order valence-electron chi connectivity index (χ0n) is 13.3. The van der Waals surface area contributed by atoms with E-state index in [1.54, 1.807) is 11.3 Å². The monoisotopic (exact) mass is 334 g/mol. The molecular formula is C16H22N4O2S. The summed E-state index contributed by atoms with van der Waals surface area (Å²) in [5.74, 6) is 2.55. The van der Waals surface area contributed by atoms with Crippen LogP contribution in [0.4, 0.5) is 0 Å². The van der Waals surface area contributed by atoms with Gasteiger partial charge in [-0.1, -0.05) is 5.16 Å². The number of nitrogens with zero attached hydrogens (tertiary/aromatic N) is 3. The number of thiazole rings is 1. The third-order valence-corrected chi connectivity index (χ3v) is 5.60. The SMILES string of the molecule is Cc1noc(C(NCc2csc(C3CC3)n2)C2CCOCC2)n1. The Morgan fingerprint density at radius 2 is 2.09 bits per heavy atom. The average Bonchev–Trinajstić information content (AvgIpc) is 3.17. The van der Waals surface area contributed by atoms with Gasteiger partial charge in [-0.25, -0.2) is 4.98 Å². The molecule has 23 heavy (non-hydrogen) atoms. The fourth-order valence-corrected chi connectivity index (χ4v) is 4.07. The summed E-state index contributed by atoms with van der Waals surface area (Å²) in [5.41, 5.74) is 1.12. The molecule has 6 nitrogen and oxygen atoms in total. The van der Waals surface area contributed by atoms with Crippen LogP contribution in [0.1, 0.15) is 60.1 Å². The second-order valence-electron chi connectivity index (χ2n) is 6.44. The number of aryl methyl sites for hydroxylation is 1. The van der Waals surface area contributed by atoms with Crippen LogP contribution in [0.5, 0.6) is 0 Å². The summed E-state index contributed by atoms with van der Waals surface area (Å²) in [5, 5.41) is 11.0. The first-order valence-corrected chi connectivity index (χ1v) is 9.23. The highest BCUT2D eigenvalue weighted by molar-refractivity contribution is 7.09. The van der Waals surface area contributed by atoms with Crippen molar-refractivity contribution in [3.8, 4) is 0 Å². The fraction of sp³-hybridized carbons (Fsp3) is 0.688. The van der Waals surface area contributed by atoms with Crippen LogP contribution in [0.2, 0.25) is 0 Å². The fourth-order valence-electron chi connectivity index (χ4n) is 3.08. The van der Waals surface area contributed by atoms with Gasteiger partial charge in [-0.05, 0) is 38.5 Å². The van der Waals surface area contributed by atoms with Gasteiger partial charge in [0, 0.05) is 31.1 Å². The molecule has 0 bridgehead atoms. The van der Waals surface area contributed by atoms with Crippen molar-refractivity contribution in [3.63, 3.8) is 0 Å². The quantitative estimate of drug-likeness (QED) is 0.875. The van der Waals surface area contributed by atoms with Gasteiger partial charge in [-0.3, -0.25) is 5.32 Å². The minimum atomic E-state index is 0.0752. The summed E-state index contributed by atoms with van der Waals surface area (Å²) in [6.45, 7) is 4.21. The van der Waals surface area contributed by atoms with Crippen molar-refractivity contribution >= 4 is 11.3 Å². The first-order valence-electron chi connectivity index (χ1n) is 8.35. The van der Waals surface area contributed by atoms with Crippen LogP contribution in [0.25, 0.3) is 0 Å². The van der Waals surface area contributed by atoms with Gasteiger partial charge in [0.15, 0.2) is 5.82 Å². The molecule has 2 aliphatic rings. The molecule has 2 fully saturated rings. The molecule has 1 unspecified atom stereocenters. The molecule has 0 aromatic carbocycles. The predicted molar refractivity (Wildman–Crippen MR) is 86.2 cm³/mol. The number of hydrogen-bond acceptors (Lipinski definition) is 7. The summed E-state index contributed by atoms with van der Waals surface area (Å²) < 4.78 is 10.9. The van der Waals surface area contributed by atoms with Gasteiger partial charge in [-0.2, -0.15) is 4.98 Å². The molecule has 0 radical (unpaired) electrons. The summed E-state index contributed by atoms with van der Waals surface area (Å²) in [7, 11) is 0. The normalized spacial score (nSPS) is 20.7. The Morgan fingerprint density at radius 1 is 1.26 bits per heavy atom. The summed E-state index contributed by atoms with van der Waals surface area (Å²) >= 11 is 1.78. The zero-order valence-corrected chi connectivity index (χ0v) is 14.1. The maximum absolute atomic E-state index is 5.49. The first-order chi connectivity index (χ1) is 11.3. The number of hydrogen-bond donors (Lipinski definition) is 1. The van der Waals surface area contributed by atoms with Crippen LogP contribution in [0.15, 0.2) is 9.90 Å². The highest BCUT2D eigenvalue weighted by Gasteiger charge is 2.30. The van der Waals surface area contributed by atoms with E-state index in [0.717, 1.165) is 44.2 Å². The maximum Gasteiger partial charge on any atom is 0.244 e. The highest BCUT2D eigenvalue weighted by atomic mass is 32.1. The van der Waals surface area contributed by atoms with Gasteiger partial charge in [0.25, 0.3) is 0 Å². The largest absolute Gasteiger partial charge is 0.381 e. The van der Waals surface area contributed by atoms with E-state index in [9.17, 15) is 0 Å². The summed E-state index contributed by atoms with van der Waals surface area (Å²) in [6, 6.07) is 0.0752. The predicted octanol–water partition coefficient (Wildman–Crippen LogP) is 2.97. The van der Waals surface area contributed by atoms with E-state index >= 15 is 0 Å². The second-order valence-corrected chi connectivity index (χ2v) is 7.33. The molecule has 7 heteroatoms. The van der Waals surface area contributed by atoms with Gasteiger partial charge >= 0.3 is 0 Å². The van der Waals surface area contributed by atoms with Gasteiger partial charge in [0.05, 0.1) is 16.7 Å². The van der Waals surface area contributed by atoms with E-state index in [4.69, 9.17) is 14.2 Å². The van der Waals surface area contributed by atoms with E-state index < -0.39 is 0 Å². The maximum atomic E-state index is 5.49. The molecule has 0 spiro atoms. The standard InChI is InChI=1S/C16H22N4O2S/c1-10-18-15(22-20-10)14(11-4-6-21-7-5-11)17-8-13-9-23-16(19-13)12-2-3-12/h9,11-12,14,17H,2-8H2,1H3. The molecule has 2 aromatic rings. The Hall–Kier alpha value is -1.31. The van der Waals surface area contributed by atoms with Crippen LogP contribution in [-0.4, -0.2) is 28.3 Å². The van der Waals surface area contributed by atoms with Crippen molar-refractivity contribution in [1.29, 1.82) is 0 Å². The molecule has 3 heterocycles. The van der Waals surface area contributed by atoms with Crippen molar-refractivity contribution in [2.24, 2.45) is 5.92 Å². The topological polar surface area (TPSA) is 73.1 Å². The lowest BCUT2D eigenvalue weighted by molar-refractivity contribution is 0.0485. The number of nitrogens with one attached hydrogen (secondary N) is 1. The van der Waals surface area contributed by atoms with Crippen LogP contribution in [0, 0.1) is 12.8 Å². The zero-order chi connectivity index (χ0) is 15.6. The molecule has 1 saturated carbocycles. The van der Waals surface area contributed by atoms with Crippen LogP contribution < -0.4 is 5.32 Å². The molecule has 1 aliphatic carbocycles. The summed E-state index contributed by atoms with van der Waals surface area (Å²) in [4.78, 5) is 9.20. The van der Waals surface area contributed by atoms with Crippen molar-refractivity contribution in [1.82, 2.24) is 20.4 Å². The van der Waals surface area contributed by atoms with Crippen molar-refractivity contribution in [3.05, 3.63) is 27.8 Å². The van der Waals surface area contributed by atoms with Crippen LogP contribution in [0.3, 0.4) is 0 Å². The Bertz CT molecular complexity index is 646. The second kappa shape index (κ2) is 6.67. The molecule has 1 atom stereocenters. The Balaban J connectivity index is 1.45. The van der Waals surface area contributed by atoms with Crippen molar-refractivity contribution in [2.75, 3.05) is 13.2 Å². The van der Waals surface area contributed by atoms with E-state index in [0.29, 0.717) is 17.6 Å². The summed E-state index contributed by atoms with van der Waals surface area (Å²) in [6.07, 6.45) is 4.63. The molecule has 1 saturated heterocycles. The molecule has 0 amide bonds. The molecule has 124 valence electrons. The minimum absolute atomic E-state index is 0.0752. The van der Waals surface area contributed by atoms with Gasteiger partial charge in [0.2, 0.25) is 5.89 Å². The first kappa shape index (κ1) is 15.2. The molecule has 1 aliphatic heterocycles. The number of ether oxygens (including phenoxy) is 1. The average molecular weight is 334 g/mol. The number of rotatable bonds is 6. The third-order valence-electron chi connectivity index (χ3n) is 4.55. The molecule has 2 aromatic heterocycles. The smallest absolute Gasteiger partial charge is 0.244 e. The molecule has 4 rings (SSSR count). The lowest BCUT2D eigenvalue weighted by atomic mass is 9.91. The van der Waals surface area contributed by atoms with Gasteiger partial charge < -0.3 is 9.26 Å². The minimum Gasteiger partial charge on any atom is -0.381 e. The highest BCUT2D eigenvalue weighted by Crippen LogP contribution is 2.41. The lowest BCUT2D eigenvalue weighted by Crippen LogP contribution is -2.32. The van der Waals surface area contributed by atoms with E-state index in [1.165, 1.54) is 17.8 Å².